The highest BCUT2D eigenvalue weighted by Gasteiger charge is 2.30. The number of hydrogen-bond acceptors (Lipinski definition) is 1. The van der Waals surface area contributed by atoms with Crippen molar-refractivity contribution in [2.75, 3.05) is 6.54 Å². The Bertz CT molecular complexity index is 335. The third kappa shape index (κ3) is 2.57. The van der Waals surface area contributed by atoms with Crippen LogP contribution in [0.3, 0.4) is 0 Å². The summed E-state index contributed by atoms with van der Waals surface area (Å²) in [6, 6.07) is 5.82. The van der Waals surface area contributed by atoms with Gasteiger partial charge in [0, 0.05) is 6.54 Å². The van der Waals surface area contributed by atoms with Gasteiger partial charge in [0.2, 0.25) is 0 Å². The van der Waals surface area contributed by atoms with E-state index in [1.54, 1.807) is 0 Å². The van der Waals surface area contributed by atoms with Crippen LogP contribution >= 0.6 is 0 Å². The van der Waals surface area contributed by atoms with Crippen molar-refractivity contribution in [2.45, 2.75) is 39.3 Å². The maximum atomic E-state index is 14.5. The molecule has 1 rings (SSSR count). The Hall–Kier alpha value is -0.890. The quantitative estimate of drug-likeness (QED) is 0.809. The maximum absolute atomic E-state index is 14.5. The molecule has 2 N–H and O–H groups in total. The number of aryl methyl sites for hydroxylation is 2. The van der Waals surface area contributed by atoms with Gasteiger partial charge in [-0.3, -0.25) is 0 Å². The monoisotopic (exact) mass is 209 g/mol. The predicted octanol–water partition coefficient (Wildman–Crippen LogP) is 3.23. The molecule has 84 valence electrons. The fourth-order valence-electron chi connectivity index (χ4n) is 2.06. The highest BCUT2D eigenvalue weighted by Crippen LogP contribution is 2.32. The largest absolute Gasteiger partial charge is 0.327 e. The summed E-state index contributed by atoms with van der Waals surface area (Å²) in [6.45, 7) is 6.00. The fourth-order valence-corrected chi connectivity index (χ4v) is 2.06. The molecule has 2 heteroatoms. The van der Waals surface area contributed by atoms with Crippen LogP contribution in [-0.2, 0) is 5.67 Å². The summed E-state index contributed by atoms with van der Waals surface area (Å²) in [5.74, 6) is 0. The number of alkyl halides is 1. The normalized spacial score (nSPS) is 15.0. The molecule has 0 radical (unpaired) electrons. The maximum Gasteiger partial charge on any atom is 0.148 e. The number of halogens is 1. The van der Waals surface area contributed by atoms with Crippen LogP contribution in [-0.4, -0.2) is 6.54 Å². The molecule has 1 atom stereocenters. The van der Waals surface area contributed by atoms with Crippen LogP contribution in [0.1, 0.15) is 36.5 Å². The Labute approximate surface area is 91.5 Å². The summed E-state index contributed by atoms with van der Waals surface area (Å²) in [4.78, 5) is 0. The van der Waals surface area contributed by atoms with Crippen LogP contribution in [0, 0.1) is 13.8 Å². The first kappa shape index (κ1) is 12.2. The van der Waals surface area contributed by atoms with Crippen LogP contribution in [0.2, 0.25) is 0 Å². The Morgan fingerprint density at radius 2 is 2.00 bits per heavy atom. The van der Waals surface area contributed by atoms with E-state index < -0.39 is 5.67 Å². The lowest BCUT2D eigenvalue weighted by Crippen LogP contribution is -2.31. The Kier molecular flexibility index (Phi) is 3.86. The van der Waals surface area contributed by atoms with Crippen molar-refractivity contribution < 1.29 is 4.39 Å². The van der Waals surface area contributed by atoms with Gasteiger partial charge in [-0.1, -0.05) is 37.1 Å². The van der Waals surface area contributed by atoms with E-state index in [1.807, 2.05) is 39.0 Å². The lowest BCUT2D eigenvalue weighted by Gasteiger charge is -2.25. The van der Waals surface area contributed by atoms with Gasteiger partial charge in [-0.15, -0.1) is 0 Å². The van der Waals surface area contributed by atoms with E-state index in [9.17, 15) is 4.39 Å². The first-order valence-electron chi connectivity index (χ1n) is 5.50. The molecule has 0 aliphatic heterocycles. The lowest BCUT2D eigenvalue weighted by atomic mass is 9.87. The molecule has 0 spiro atoms. The standard InChI is InChI=1S/C13H20FN/c1-4-7-13(14,9-15)12-6-5-10(2)8-11(12)3/h5-6,8H,4,7,9,15H2,1-3H3. The molecule has 15 heavy (non-hydrogen) atoms. The van der Waals surface area contributed by atoms with E-state index in [-0.39, 0.29) is 6.54 Å². The molecular formula is C13H20FN. The van der Waals surface area contributed by atoms with Crippen LogP contribution in [0.5, 0.6) is 0 Å². The van der Waals surface area contributed by atoms with Gasteiger partial charge in [-0.2, -0.15) is 0 Å². The first-order chi connectivity index (χ1) is 7.03. The van der Waals surface area contributed by atoms with Gasteiger partial charge in [0.25, 0.3) is 0 Å². The predicted molar refractivity (Wildman–Crippen MR) is 62.7 cm³/mol. The molecule has 0 amide bonds. The molecular weight excluding hydrogens is 189 g/mol. The molecule has 1 nitrogen and oxygen atoms in total. The second kappa shape index (κ2) is 4.75. The van der Waals surface area contributed by atoms with E-state index in [0.29, 0.717) is 6.42 Å². The minimum absolute atomic E-state index is 0.0603. The third-order valence-electron chi connectivity index (χ3n) is 2.83. The molecule has 0 saturated carbocycles. The van der Waals surface area contributed by atoms with Gasteiger partial charge < -0.3 is 5.73 Å². The zero-order valence-corrected chi connectivity index (χ0v) is 9.81. The highest BCUT2D eigenvalue weighted by atomic mass is 19.1. The van der Waals surface area contributed by atoms with Crippen molar-refractivity contribution in [3.63, 3.8) is 0 Å². The Morgan fingerprint density at radius 3 is 2.47 bits per heavy atom. The summed E-state index contributed by atoms with van der Waals surface area (Å²) in [7, 11) is 0. The molecule has 0 aromatic heterocycles. The van der Waals surface area contributed by atoms with E-state index in [0.717, 1.165) is 23.1 Å². The summed E-state index contributed by atoms with van der Waals surface area (Å²) in [6.07, 6.45) is 1.30. The van der Waals surface area contributed by atoms with Crippen LogP contribution in [0.25, 0.3) is 0 Å². The Balaban J connectivity index is 3.12. The van der Waals surface area contributed by atoms with Gasteiger partial charge in [0.15, 0.2) is 0 Å². The topological polar surface area (TPSA) is 26.0 Å². The van der Waals surface area contributed by atoms with Crippen molar-refractivity contribution >= 4 is 0 Å². The summed E-state index contributed by atoms with van der Waals surface area (Å²) in [5.41, 5.74) is 7.11. The van der Waals surface area contributed by atoms with Gasteiger partial charge in [0.05, 0.1) is 0 Å². The SMILES string of the molecule is CCCC(F)(CN)c1ccc(C)cc1C. The van der Waals surface area contributed by atoms with Crippen LogP contribution in [0.4, 0.5) is 4.39 Å². The average Bonchev–Trinajstić information content (AvgIpc) is 2.17. The van der Waals surface area contributed by atoms with E-state index in [1.165, 1.54) is 0 Å². The summed E-state index contributed by atoms with van der Waals surface area (Å²) >= 11 is 0. The van der Waals surface area contributed by atoms with Gasteiger partial charge in [-0.25, -0.2) is 4.39 Å². The van der Waals surface area contributed by atoms with Crippen molar-refractivity contribution in [1.82, 2.24) is 0 Å². The minimum atomic E-state index is -1.35. The molecule has 1 aromatic rings. The third-order valence-corrected chi connectivity index (χ3v) is 2.83. The van der Waals surface area contributed by atoms with Gasteiger partial charge >= 0.3 is 0 Å². The number of benzene rings is 1. The molecule has 0 heterocycles. The molecule has 0 saturated heterocycles. The van der Waals surface area contributed by atoms with Crippen LogP contribution in [0.15, 0.2) is 18.2 Å². The van der Waals surface area contributed by atoms with Gasteiger partial charge in [-0.05, 0) is 31.4 Å². The van der Waals surface area contributed by atoms with Gasteiger partial charge in [0.1, 0.15) is 5.67 Å². The zero-order chi connectivity index (χ0) is 11.5. The number of nitrogens with two attached hydrogens (primary N) is 1. The number of rotatable bonds is 4. The van der Waals surface area contributed by atoms with Crippen molar-refractivity contribution in [2.24, 2.45) is 5.73 Å². The second-order valence-electron chi connectivity index (χ2n) is 4.24. The average molecular weight is 209 g/mol. The molecule has 0 aliphatic rings. The number of hydrogen-bond donors (Lipinski definition) is 1. The van der Waals surface area contributed by atoms with E-state index in [4.69, 9.17) is 5.73 Å². The summed E-state index contributed by atoms with van der Waals surface area (Å²) < 4.78 is 14.5. The minimum Gasteiger partial charge on any atom is -0.327 e. The van der Waals surface area contributed by atoms with Crippen molar-refractivity contribution in [3.8, 4) is 0 Å². The first-order valence-corrected chi connectivity index (χ1v) is 5.50. The molecule has 1 unspecified atom stereocenters. The van der Waals surface area contributed by atoms with E-state index >= 15 is 0 Å². The van der Waals surface area contributed by atoms with Crippen molar-refractivity contribution in [1.29, 1.82) is 0 Å². The fraction of sp³-hybridized carbons (Fsp3) is 0.538. The second-order valence-corrected chi connectivity index (χ2v) is 4.24. The van der Waals surface area contributed by atoms with Crippen LogP contribution < -0.4 is 5.73 Å². The molecule has 0 bridgehead atoms. The molecule has 1 aromatic carbocycles. The molecule has 0 aliphatic carbocycles. The molecule has 0 fully saturated rings. The summed E-state index contributed by atoms with van der Waals surface area (Å²) in [5, 5.41) is 0. The smallest absolute Gasteiger partial charge is 0.148 e. The lowest BCUT2D eigenvalue weighted by molar-refractivity contribution is 0.158. The van der Waals surface area contributed by atoms with E-state index in [2.05, 4.69) is 0 Å². The Morgan fingerprint density at radius 1 is 1.33 bits per heavy atom. The van der Waals surface area contributed by atoms with Crippen molar-refractivity contribution in [3.05, 3.63) is 34.9 Å². The highest BCUT2D eigenvalue weighted by molar-refractivity contribution is 5.35. The zero-order valence-electron chi connectivity index (χ0n) is 9.81.